The molecule has 6 nitrogen and oxygen atoms in total. The second kappa shape index (κ2) is 3.76. The first-order valence-corrected chi connectivity index (χ1v) is 5.45. The standard InChI is InChI=1S/C12H14O6/c1-11(2)15-7(5-9(13)17-11)8-6-10(14)18-12(3,4)16-8/h5-6H,1-4H3. The number of hydrogen-bond acceptors (Lipinski definition) is 6. The van der Waals surface area contributed by atoms with Crippen molar-refractivity contribution in [3.8, 4) is 0 Å². The fourth-order valence-corrected chi connectivity index (χ4v) is 1.63. The van der Waals surface area contributed by atoms with Crippen LogP contribution in [-0.4, -0.2) is 23.5 Å². The molecular weight excluding hydrogens is 240 g/mol. The molecule has 6 heteroatoms. The minimum atomic E-state index is -1.10. The summed E-state index contributed by atoms with van der Waals surface area (Å²) >= 11 is 0. The maximum absolute atomic E-state index is 11.4. The zero-order chi connectivity index (χ0) is 13.6. The van der Waals surface area contributed by atoms with E-state index in [1.165, 1.54) is 0 Å². The third-order valence-corrected chi connectivity index (χ3v) is 2.15. The molecule has 0 aliphatic carbocycles. The monoisotopic (exact) mass is 254 g/mol. The van der Waals surface area contributed by atoms with E-state index in [0.29, 0.717) is 0 Å². The minimum absolute atomic E-state index is 0.154. The molecule has 0 spiro atoms. The molecule has 2 rings (SSSR count). The molecule has 0 unspecified atom stereocenters. The third-order valence-electron chi connectivity index (χ3n) is 2.15. The Morgan fingerprint density at radius 1 is 0.722 bits per heavy atom. The fraction of sp³-hybridized carbons (Fsp3) is 0.500. The van der Waals surface area contributed by atoms with Crippen LogP contribution in [0.15, 0.2) is 23.7 Å². The average Bonchev–Trinajstić information content (AvgIpc) is 2.10. The molecule has 0 saturated carbocycles. The molecule has 2 aliphatic heterocycles. The van der Waals surface area contributed by atoms with Gasteiger partial charge in [0.1, 0.15) is 0 Å². The second-order valence-electron chi connectivity index (χ2n) is 4.86. The average molecular weight is 254 g/mol. The first-order chi connectivity index (χ1) is 8.17. The van der Waals surface area contributed by atoms with Crippen molar-refractivity contribution in [3.63, 3.8) is 0 Å². The Bertz CT molecular complexity index is 425. The van der Waals surface area contributed by atoms with Gasteiger partial charge in [-0.15, -0.1) is 0 Å². The molecule has 18 heavy (non-hydrogen) atoms. The number of esters is 2. The molecule has 2 aliphatic rings. The molecule has 0 radical (unpaired) electrons. The highest BCUT2D eigenvalue weighted by atomic mass is 16.8. The SMILES string of the molecule is CC1(C)OC(=O)C=C(C2=CC(=O)OC(C)(C)O2)O1. The van der Waals surface area contributed by atoms with E-state index < -0.39 is 23.5 Å². The summed E-state index contributed by atoms with van der Waals surface area (Å²) in [6.45, 7) is 6.35. The van der Waals surface area contributed by atoms with Gasteiger partial charge in [-0.25, -0.2) is 9.59 Å². The molecule has 0 bridgehead atoms. The smallest absolute Gasteiger partial charge is 0.337 e. The molecule has 0 N–H and O–H groups in total. The van der Waals surface area contributed by atoms with Crippen LogP contribution in [0.25, 0.3) is 0 Å². The quantitative estimate of drug-likeness (QED) is 0.658. The molecule has 0 aromatic heterocycles. The molecule has 0 saturated heterocycles. The maximum atomic E-state index is 11.4. The van der Waals surface area contributed by atoms with Crippen LogP contribution in [-0.2, 0) is 28.5 Å². The summed E-state index contributed by atoms with van der Waals surface area (Å²) in [7, 11) is 0. The zero-order valence-electron chi connectivity index (χ0n) is 10.6. The Kier molecular flexibility index (Phi) is 2.61. The molecule has 0 aromatic carbocycles. The lowest BCUT2D eigenvalue weighted by Gasteiger charge is -2.35. The van der Waals surface area contributed by atoms with Gasteiger partial charge in [0, 0.05) is 27.7 Å². The van der Waals surface area contributed by atoms with Gasteiger partial charge in [0.2, 0.25) is 11.6 Å². The fourth-order valence-electron chi connectivity index (χ4n) is 1.63. The zero-order valence-corrected chi connectivity index (χ0v) is 10.6. The Morgan fingerprint density at radius 2 is 1.06 bits per heavy atom. The summed E-state index contributed by atoms with van der Waals surface area (Å²) in [4.78, 5) is 22.8. The molecule has 2 heterocycles. The number of hydrogen-bond donors (Lipinski definition) is 0. The Hall–Kier alpha value is -1.98. The van der Waals surface area contributed by atoms with E-state index in [1.54, 1.807) is 27.7 Å². The first kappa shape index (κ1) is 12.5. The van der Waals surface area contributed by atoms with Crippen molar-refractivity contribution in [3.05, 3.63) is 23.7 Å². The summed E-state index contributed by atoms with van der Waals surface area (Å²) < 4.78 is 20.8. The van der Waals surface area contributed by atoms with Crippen LogP contribution in [0.4, 0.5) is 0 Å². The molecule has 0 fully saturated rings. The van der Waals surface area contributed by atoms with E-state index in [9.17, 15) is 9.59 Å². The van der Waals surface area contributed by atoms with E-state index >= 15 is 0 Å². The number of carbonyl (C=O) groups is 2. The van der Waals surface area contributed by atoms with Crippen molar-refractivity contribution in [1.82, 2.24) is 0 Å². The van der Waals surface area contributed by atoms with Gasteiger partial charge in [0.15, 0.2) is 11.5 Å². The Morgan fingerprint density at radius 3 is 1.33 bits per heavy atom. The predicted octanol–water partition coefficient (Wildman–Crippen LogP) is 1.37. The van der Waals surface area contributed by atoms with Gasteiger partial charge >= 0.3 is 11.9 Å². The number of carbonyl (C=O) groups excluding carboxylic acids is 2. The summed E-state index contributed by atoms with van der Waals surface area (Å²) in [6, 6.07) is 0. The van der Waals surface area contributed by atoms with Crippen molar-refractivity contribution < 1.29 is 28.5 Å². The van der Waals surface area contributed by atoms with Gasteiger partial charge in [-0.3, -0.25) is 0 Å². The first-order valence-electron chi connectivity index (χ1n) is 5.45. The summed E-state index contributed by atoms with van der Waals surface area (Å²) in [5.41, 5.74) is 0. The maximum Gasteiger partial charge on any atom is 0.337 e. The molecule has 0 aromatic rings. The van der Waals surface area contributed by atoms with Gasteiger partial charge in [-0.2, -0.15) is 0 Å². The van der Waals surface area contributed by atoms with E-state index in [1.807, 2.05) is 0 Å². The number of ether oxygens (including phenoxy) is 4. The van der Waals surface area contributed by atoms with E-state index in [4.69, 9.17) is 18.9 Å². The molecule has 0 atom stereocenters. The minimum Gasteiger partial charge on any atom is -0.449 e. The van der Waals surface area contributed by atoms with E-state index in [-0.39, 0.29) is 11.5 Å². The van der Waals surface area contributed by atoms with Crippen LogP contribution in [0.3, 0.4) is 0 Å². The van der Waals surface area contributed by atoms with Crippen molar-refractivity contribution in [2.24, 2.45) is 0 Å². The van der Waals surface area contributed by atoms with Crippen LogP contribution in [0.1, 0.15) is 27.7 Å². The third kappa shape index (κ3) is 2.64. The number of cyclic esters (lactones) is 2. The largest absolute Gasteiger partial charge is 0.449 e. The summed E-state index contributed by atoms with van der Waals surface area (Å²) in [6.07, 6.45) is 2.26. The van der Waals surface area contributed by atoms with Crippen molar-refractivity contribution in [2.45, 2.75) is 39.3 Å². The highest BCUT2D eigenvalue weighted by molar-refractivity contribution is 5.87. The van der Waals surface area contributed by atoms with Crippen molar-refractivity contribution in [2.75, 3.05) is 0 Å². The Balaban J connectivity index is 2.32. The highest BCUT2D eigenvalue weighted by Gasteiger charge is 2.37. The topological polar surface area (TPSA) is 71.1 Å². The molecule has 98 valence electrons. The highest BCUT2D eigenvalue weighted by Crippen LogP contribution is 2.32. The van der Waals surface area contributed by atoms with E-state index in [0.717, 1.165) is 12.2 Å². The van der Waals surface area contributed by atoms with Gasteiger partial charge in [-0.1, -0.05) is 0 Å². The van der Waals surface area contributed by atoms with Crippen LogP contribution in [0, 0.1) is 0 Å². The van der Waals surface area contributed by atoms with E-state index in [2.05, 4.69) is 0 Å². The lowest BCUT2D eigenvalue weighted by Crippen LogP contribution is -2.39. The predicted molar refractivity (Wildman–Crippen MR) is 58.7 cm³/mol. The van der Waals surface area contributed by atoms with Gasteiger partial charge < -0.3 is 18.9 Å². The van der Waals surface area contributed by atoms with Gasteiger partial charge in [0.25, 0.3) is 0 Å². The summed E-state index contributed by atoms with van der Waals surface area (Å²) in [5.74, 6) is -3.00. The van der Waals surface area contributed by atoms with Crippen LogP contribution in [0.5, 0.6) is 0 Å². The molecular formula is C12H14O6. The van der Waals surface area contributed by atoms with Crippen LogP contribution in [0.2, 0.25) is 0 Å². The van der Waals surface area contributed by atoms with Crippen molar-refractivity contribution in [1.29, 1.82) is 0 Å². The van der Waals surface area contributed by atoms with Gasteiger partial charge in [-0.05, 0) is 0 Å². The summed E-state index contributed by atoms with van der Waals surface area (Å²) in [5, 5.41) is 0. The lowest BCUT2D eigenvalue weighted by atomic mass is 10.2. The molecule has 0 amide bonds. The second-order valence-corrected chi connectivity index (χ2v) is 4.86. The Labute approximate surface area is 104 Å². The van der Waals surface area contributed by atoms with Crippen LogP contribution >= 0.6 is 0 Å². The van der Waals surface area contributed by atoms with Gasteiger partial charge in [0.05, 0.1) is 12.2 Å². The van der Waals surface area contributed by atoms with Crippen LogP contribution < -0.4 is 0 Å². The normalized spacial score (nSPS) is 24.9. The van der Waals surface area contributed by atoms with Crippen molar-refractivity contribution >= 4 is 11.9 Å². The number of rotatable bonds is 1. The lowest BCUT2D eigenvalue weighted by molar-refractivity contribution is -0.221.